The van der Waals surface area contributed by atoms with E-state index in [2.05, 4.69) is 31.4 Å². The fourth-order valence-corrected chi connectivity index (χ4v) is 2.78. The average molecular weight is 388 g/mol. The zero-order valence-electron chi connectivity index (χ0n) is 14.9. The lowest BCUT2D eigenvalue weighted by Gasteiger charge is -2.04. The molecule has 0 bridgehead atoms. The van der Waals surface area contributed by atoms with Gasteiger partial charge >= 0.3 is 0 Å². The smallest absolute Gasteiger partial charge is 0.188 e. The first-order chi connectivity index (χ1) is 13.6. The quantitative estimate of drug-likeness (QED) is 0.446. The van der Waals surface area contributed by atoms with Crippen LogP contribution in [0.4, 0.5) is 11.5 Å². The van der Waals surface area contributed by atoms with Crippen molar-refractivity contribution >= 4 is 34.1 Å². The van der Waals surface area contributed by atoms with Gasteiger partial charge in [-0.05, 0) is 43.3 Å². The minimum absolute atomic E-state index is 0.0643. The Hall–Kier alpha value is -3.63. The molecular weight excluding hydrogens is 374 g/mol. The molecule has 0 atom stereocenters. The van der Waals surface area contributed by atoms with E-state index in [9.17, 15) is 0 Å². The van der Waals surface area contributed by atoms with E-state index in [-0.39, 0.29) is 6.42 Å². The van der Waals surface area contributed by atoms with Crippen LogP contribution in [-0.4, -0.2) is 19.7 Å². The van der Waals surface area contributed by atoms with Crippen LogP contribution in [-0.2, 0) is 6.42 Å². The zero-order chi connectivity index (χ0) is 19.5. The van der Waals surface area contributed by atoms with Crippen molar-refractivity contribution in [2.75, 3.05) is 0 Å². The maximum Gasteiger partial charge on any atom is 0.188 e. The van der Waals surface area contributed by atoms with Crippen LogP contribution in [0.3, 0.4) is 0 Å². The lowest BCUT2D eigenvalue weighted by Crippen LogP contribution is -2.00. The number of azo groups is 1. The van der Waals surface area contributed by atoms with Crippen LogP contribution in [0.1, 0.15) is 11.4 Å². The van der Waals surface area contributed by atoms with Gasteiger partial charge in [0.05, 0.1) is 35.4 Å². The van der Waals surface area contributed by atoms with E-state index in [1.165, 1.54) is 0 Å². The second kappa shape index (κ2) is 7.55. The molecule has 0 radical (unpaired) electrons. The Morgan fingerprint density at radius 3 is 2.50 bits per heavy atom. The van der Waals surface area contributed by atoms with E-state index in [0.717, 1.165) is 11.3 Å². The van der Waals surface area contributed by atoms with Gasteiger partial charge in [-0.2, -0.15) is 10.4 Å². The molecule has 0 fully saturated rings. The summed E-state index contributed by atoms with van der Waals surface area (Å²) in [5, 5.41) is 23.3. The van der Waals surface area contributed by atoms with Crippen LogP contribution in [0.2, 0.25) is 5.02 Å². The fourth-order valence-electron chi connectivity index (χ4n) is 2.65. The fraction of sp³-hybridized carbons (Fsp3) is 0.100. The molecule has 7 nitrogen and oxygen atoms in total. The number of benzene rings is 2. The van der Waals surface area contributed by atoms with Crippen LogP contribution in [0, 0.1) is 18.3 Å². The Bertz CT molecular complexity index is 1200. The summed E-state index contributed by atoms with van der Waals surface area (Å²) < 4.78 is 1.67. The second-order valence-corrected chi connectivity index (χ2v) is 6.54. The molecule has 0 N–H and O–H groups in total. The minimum atomic E-state index is 0.0643. The second-order valence-electron chi connectivity index (χ2n) is 6.10. The van der Waals surface area contributed by atoms with Crippen LogP contribution >= 0.6 is 11.6 Å². The monoisotopic (exact) mass is 387 g/mol. The van der Waals surface area contributed by atoms with Crippen LogP contribution in [0.15, 0.2) is 65.0 Å². The molecule has 0 saturated carbocycles. The number of aromatic nitrogens is 4. The van der Waals surface area contributed by atoms with Gasteiger partial charge in [0.2, 0.25) is 0 Å². The molecule has 0 saturated heterocycles. The summed E-state index contributed by atoms with van der Waals surface area (Å²) >= 11 is 5.97. The Kier molecular flexibility index (Phi) is 4.79. The van der Waals surface area contributed by atoms with Crippen molar-refractivity contribution in [3.63, 3.8) is 0 Å². The molecule has 2 aromatic heterocycles. The van der Waals surface area contributed by atoms with E-state index in [1.54, 1.807) is 23.0 Å². The van der Waals surface area contributed by atoms with Gasteiger partial charge in [0.25, 0.3) is 0 Å². The van der Waals surface area contributed by atoms with Gasteiger partial charge in [-0.25, -0.2) is 14.6 Å². The standard InChI is InChI=1S/C20H14ClN7/c1-13-2-6-15(7-3-13)26-27-19-17-12-23-28(16-8-4-14(21)5-9-16)20(17)25-18(24-19)10-11-22/h2-9,12H,10H2,1H3. The maximum atomic E-state index is 9.06. The van der Waals surface area contributed by atoms with Crippen molar-refractivity contribution in [1.29, 1.82) is 5.26 Å². The molecule has 28 heavy (non-hydrogen) atoms. The number of hydrogen-bond donors (Lipinski definition) is 0. The Labute approximate surface area is 166 Å². The molecule has 0 aliphatic carbocycles. The summed E-state index contributed by atoms with van der Waals surface area (Å²) in [5.41, 5.74) is 3.20. The largest absolute Gasteiger partial charge is 0.215 e. The number of aryl methyl sites for hydroxylation is 1. The third-order valence-corrected chi connectivity index (χ3v) is 4.31. The van der Waals surface area contributed by atoms with Crippen molar-refractivity contribution in [1.82, 2.24) is 19.7 Å². The molecular formula is C20H14ClN7. The molecule has 0 spiro atoms. The molecule has 2 aromatic carbocycles. The number of nitrogens with zero attached hydrogens (tertiary/aromatic N) is 7. The van der Waals surface area contributed by atoms with Crippen LogP contribution < -0.4 is 0 Å². The number of nitriles is 1. The third kappa shape index (κ3) is 3.59. The highest BCUT2D eigenvalue weighted by Gasteiger charge is 2.14. The van der Waals surface area contributed by atoms with Gasteiger partial charge in [0.15, 0.2) is 11.5 Å². The predicted molar refractivity (Wildman–Crippen MR) is 106 cm³/mol. The molecule has 0 aliphatic rings. The van der Waals surface area contributed by atoms with E-state index in [0.29, 0.717) is 33.4 Å². The lowest BCUT2D eigenvalue weighted by atomic mass is 10.2. The van der Waals surface area contributed by atoms with Crippen molar-refractivity contribution in [3.05, 3.63) is 71.1 Å². The Morgan fingerprint density at radius 2 is 1.79 bits per heavy atom. The number of halogens is 1. The van der Waals surface area contributed by atoms with E-state index < -0.39 is 0 Å². The van der Waals surface area contributed by atoms with Crippen molar-refractivity contribution in [2.45, 2.75) is 13.3 Å². The molecule has 136 valence electrons. The number of fused-ring (bicyclic) bond motifs is 1. The molecule has 4 aromatic rings. The summed E-state index contributed by atoms with van der Waals surface area (Å²) in [7, 11) is 0. The van der Waals surface area contributed by atoms with Gasteiger partial charge in [-0.1, -0.05) is 29.3 Å². The summed E-state index contributed by atoms with van der Waals surface area (Å²) in [5.74, 6) is 0.736. The SMILES string of the molecule is Cc1ccc(N=Nc2nc(CC#N)nc3c2cnn3-c2ccc(Cl)cc2)cc1. The van der Waals surface area contributed by atoms with Crippen LogP contribution in [0.25, 0.3) is 16.7 Å². The van der Waals surface area contributed by atoms with Gasteiger partial charge in [-0.3, -0.25) is 0 Å². The molecule has 0 aliphatic heterocycles. The highest BCUT2D eigenvalue weighted by molar-refractivity contribution is 6.30. The average Bonchev–Trinajstić information content (AvgIpc) is 3.12. The topological polar surface area (TPSA) is 92.1 Å². The number of hydrogen-bond acceptors (Lipinski definition) is 6. The highest BCUT2D eigenvalue weighted by Crippen LogP contribution is 2.27. The summed E-state index contributed by atoms with van der Waals surface area (Å²) in [6, 6.07) is 17.0. The Balaban J connectivity index is 1.82. The first-order valence-electron chi connectivity index (χ1n) is 8.50. The van der Waals surface area contributed by atoms with Gasteiger partial charge in [0.1, 0.15) is 5.82 Å². The van der Waals surface area contributed by atoms with Crippen molar-refractivity contribution in [3.8, 4) is 11.8 Å². The van der Waals surface area contributed by atoms with Gasteiger partial charge < -0.3 is 0 Å². The summed E-state index contributed by atoms with van der Waals surface area (Å²) in [6.07, 6.45) is 1.71. The van der Waals surface area contributed by atoms with Crippen LogP contribution in [0.5, 0.6) is 0 Å². The summed E-state index contributed by atoms with van der Waals surface area (Å²) in [4.78, 5) is 8.86. The Morgan fingerprint density at radius 1 is 1.04 bits per heavy atom. The van der Waals surface area contributed by atoms with Gasteiger partial charge in [0, 0.05) is 5.02 Å². The highest BCUT2D eigenvalue weighted by atomic mass is 35.5. The first-order valence-corrected chi connectivity index (χ1v) is 8.88. The zero-order valence-corrected chi connectivity index (χ0v) is 15.7. The van der Waals surface area contributed by atoms with Crippen molar-refractivity contribution in [2.24, 2.45) is 10.2 Å². The molecule has 0 amide bonds. The molecule has 0 unspecified atom stereocenters. The lowest BCUT2D eigenvalue weighted by molar-refractivity contribution is 0.884. The number of rotatable bonds is 4. The van der Waals surface area contributed by atoms with Crippen molar-refractivity contribution < 1.29 is 0 Å². The minimum Gasteiger partial charge on any atom is -0.215 e. The third-order valence-electron chi connectivity index (χ3n) is 4.06. The maximum absolute atomic E-state index is 9.06. The molecule has 4 rings (SSSR count). The normalized spacial score (nSPS) is 11.2. The molecule has 2 heterocycles. The van der Waals surface area contributed by atoms with E-state index >= 15 is 0 Å². The van der Waals surface area contributed by atoms with Gasteiger partial charge in [-0.15, -0.1) is 10.2 Å². The molecule has 8 heteroatoms. The summed E-state index contributed by atoms with van der Waals surface area (Å²) in [6.45, 7) is 2.01. The van der Waals surface area contributed by atoms with E-state index in [1.807, 2.05) is 43.3 Å². The predicted octanol–water partition coefficient (Wildman–Crippen LogP) is 5.26. The van der Waals surface area contributed by atoms with E-state index in [4.69, 9.17) is 16.9 Å². The first kappa shape index (κ1) is 17.8.